The first-order chi connectivity index (χ1) is 16.1. The summed E-state index contributed by atoms with van der Waals surface area (Å²) in [5.41, 5.74) is 1.05. The lowest BCUT2D eigenvalue weighted by Crippen LogP contribution is -2.32. The Morgan fingerprint density at radius 3 is 1.94 bits per heavy atom. The first kappa shape index (κ1) is 24.5. The lowest BCUT2D eigenvalue weighted by molar-refractivity contribution is 0.140. The second kappa shape index (κ2) is 12.2. The van der Waals surface area contributed by atoms with Crippen LogP contribution >= 0.6 is 0 Å². The van der Waals surface area contributed by atoms with Crippen molar-refractivity contribution in [1.29, 1.82) is 0 Å². The number of rotatable bonds is 13. The number of nitrogens with one attached hydrogen (secondary N) is 1. The lowest BCUT2D eigenvalue weighted by atomic mass is 9.97. The van der Waals surface area contributed by atoms with Gasteiger partial charge in [0.2, 0.25) is 0 Å². The number of benzene rings is 3. The fraction of sp³-hybridized carbons (Fsp3) is 0.276. The van der Waals surface area contributed by atoms with Crippen LogP contribution in [-0.2, 0) is 11.3 Å². The number of allylic oxidation sites excluding steroid dienone is 3. The number of amides is 1. The largest absolute Gasteiger partial charge is 0.445 e. The van der Waals surface area contributed by atoms with Crippen LogP contribution in [0.3, 0.4) is 0 Å². The van der Waals surface area contributed by atoms with Crippen LogP contribution < -0.4 is 5.32 Å². The Kier molecular flexibility index (Phi) is 9.08. The van der Waals surface area contributed by atoms with E-state index in [1.165, 1.54) is 6.04 Å². The number of fused-ring (bicyclic) bond motifs is 2. The molecule has 0 radical (unpaired) electrons. The maximum Gasteiger partial charge on any atom is 0.407 e. The summed E-state index contributed by atoms with van der Waals surface area (Å²) in [5.74, 6) is 0. The van der Waals surface area contributed by atoms with Gasteiger partial charge in [0.25, 0.3) is 0 Å². The van der Waals surface area contributed by atoms with E-state index in [9.17, 15) is 4.79 Å². The number of hydrogen-bond acceptors (Lipinski definition) is 2. The molecular weight excluding hydrogens is 422 g/mol. The summed E-state index contributed by atoms with van der Waals surface area (Å²) in [5, 5.41) is 7.48. The van der Waals surface area contributed by atoms with Crippen molar-refractivity contribution in [2.75, 3.05) is 6.54 Å². The molecule has 33 heavy (non-hydrogen) atoms. The molecule has 0 spiro atoms. The van der Waals surface area contributed by atoms with Crippen LogP contribution in [0.1, 0.15) is 18.4 Å². The molecule has 1 N–H and O–H groups in total. The SMILES string of the molecule is C=CC[Si](CC=C)(CC=C)CCCCNC(=O)OCc1c2ccccc2cc2ccccc12. The van der Waals surface area contributed by atoms with Crippen molar-refractivity contribution >= 4 is 35.7 Å². The van der Waals surface area contributed by atoms with Gasteiger partial charge in [-0.2, -0.15) is 0 Å². The van der Waals surface area contributed by atoms with Crippen LogP contribution in [0.15, 0.2) is 92.6 Å². The van der Waals surface area contributed by atoms with E-state index in [0.717, 1.165) is 58.1 Å². The molecule has 0 saturated heterocycles. The molecule has 3 aromatic carbocycles. The molecule has 1 amide bonds. The summed E-state index contributed by atoms with van der Waals surface area (Å²) in [6, 6.07) is 23.1. The van der Waals surface area contributed by atoms with Crippen molar-refractivity contribution in [3.63, 3.8) is 0 Å². The summed E-state index contributed by atoms with van der Waals surface area (Å²) in [6.07, 6.45) is 7.80. The molecule has 0 saturated carbocycles. The van der Waals surface area contributed by atoms with Gasteiger partial charge in [-0.15, -0.1) is 19.7 Å². The van der Waals surface area contributed by atoms with Crippen LogP contribution in [0.25, 0.3) is 21.5 Å². The van der Waals surface area contributed by atoms with Crippen LogP contribution in [0, 0.1) is 0 Å². The Morgan fingerprint density at radius 2 is 1.39 bits per heavy atom. The average Bonchev–Trinajstić information content (AvgIpc) is 2.82. The van der Waals surface area contributed by atoms with Gasteiger partial charge in [0, 0.05) is 12.1 Å². The Hall–Kier alpha value is -3.11. The minimum atomic E-state index is -1.48. The Labute approximate surface area is 198 Å². The van der Waals surface area contributed by atoms with E-state index in [0.29, 0.717) is 6.54 Å². The second-order valence-corrected chi connectivity index (χ2v) is 13.5. The lowest BCUT2D eigenvalue weighted by Gasteiger charge is -2.28. The molecule has 0 aliphatic heterocycles. The molecular formula is C29H35NO2Si. The molecule has 172 valence electrons. The van der Waals surface area contributed by atoms with Crippen LogP contribution in [0.5, 0.6) is 0 Å². The third-order valence-corrected chi connectivity index (χ3v) is 11.2. The highest BCUT2D eigenvalue weighted by molar-refractivity contribution is 6.81. The van der Waals surface area contributed by atoms with Crippen LogP contribution in [-0.4, -0.2) is 20.7 Å². The maximum absolute atomic E-state index is 12.4. The highest BCUT2D eigenvalue weighted by atomic mass is 28.3. The highest BCUT2D eigenvalue weighted by Gasteiger charge is 2.27. The number of unbranched alkanes of at least 4 members (excludes halogenated alkanes) is 1. The van der Waals surface area contributed by atoms with E-state index in [4.69, 9.17) is 4.74 Å². The molecule has 0 aromatic heterocycles. The highest BCUT2D eigenvalue weighted by Crippen LogP contribution is 2.30. The van der Waals surface area contributed by atoms with Gasteiger partial charge in [-0.3, -0.25) is 0 Å². The summed E-state index contributed by atoms with van der Waals surface area (Å²) in [6.45, 7) is 12.7. The van der Waals surface area contributed by atoms with Crippen molar-refractivity contribution in [2.45, 2.75) is 43.6 Å². The zero-order valence-corrected chi connectivity index (χ0v) is 20.5. The van der Waals surface area contributed by atoms with E-state index in [-0.39, 0.29) is 12.7 Å². The van der Waals surface area contributed by atoms with Gasteiger partial charge in [0.15, 0.2) is 0 Å². The van der Waals surface area contributed by atoms with Crippen LogP contribution in [0.4, 0.5) is 4.79 Å². The Bertz CT molecular complexity index is 1040. The molecule has 0 atom stereocenters. The van der Waals surface area contributed by atoms with Gasteiger partial charge in [-0.05, 0) is 52.2 Å². The summed E-state index contributed by atoms with van der Waals surface area (Å²) >= 11 is 0. The van der Waals surface area contributed by atoms with E-state index >= 15 is 0 Å². The van der Waals surface area contributed by atoms with E-state index in [1.807, 2.05) is 42.5 Å². The quantitative estimate of drug-likeness (QED) is 0.122. The molecule has 3 rings (SSSR count). The summed E-state index contributed by atoms with van der Waals surface area (Å²) in [7, 11) is -1.48. The predicted octanol–water partition coefficient (Wildman–Crippen LogP) is 8.01. The third-order valence-electron chi connectivity index (χ3n) is 6.37. The van der Waals surface area contributed by atoms with Gasteiger partial charge in [-0.25, -0.2) is 4.79 Å². The zero-order valence-electron chi connectivity index (χ0n) is 19.5. The Balaban J connectivity index is 1.54. The van der Waals surface area contributed by atoms with Crippen molar-refractivity contribution < 1.29 is 9.53 Å². The average molecular weight is 458 g/mol. The number of hydrogen-bond donors (Lipinski definition) is 1. The third kappa shape index (κ3) is 6.45. The zero-order chi connectivity index (χ0) is 23.5. The molecule has 3 nitrogen and oxygen atoms in total. The smallest absolute Gasteiger partial charge is 0.407 e. The first-order valence-electron chi connectivity index (χ1n) is 11.7. The molecule has 4 heteroatoms. The second-order valence-electron chi connectivity index (χ2n) is 8.74. The summed E-state index contributed by atoms with van der Waals surface area (Å²) < 4.78 is 5.63. The predicted molar refractivity (Wildman–Crippen MR) is 144 cm³/mol. The molecule has 0 heterocycles. The number of alkyl carbamates (subject to hydrolysis) is 1. The minimum Gasteiger partial charge on any atom is -0.445 e. The Morgan fingerprint density at radius 1 is 0.848 bits per heavy atom. The van der Waals surface area contributed by atoms with Gasteiger partial charge < -0.3 is 10.1 Å². The van der Waals surface area contributed by atoms with Crippen LogP contribution in [0.2, 0.25) is 24.2 Å². The van der Waals surface area contributed by atoms with Gasteiger partial charge in [0.05, 0.1) is 8.07 Å². The maximum atomic E-state index is 12.4. The molecule has 0 aliphatic carbocycles. The molecule has 0 aliphatic rings. The molecule has 0 unspecified atom stereocenters. The van der Waals surface area contributed by atoms with Gasteiger partial charge in [0.1, 0.15) is 6.61 Å². The topological polar surface area (TPSA) is 38.3 Å². The fourth-order valence-electron chi connectivity index (χ4n) is 4.74. The van der Waals surface area contributed by atoms with Crippen molar-refractivity contribution in [3.8, 4) is 0 Å². The minimum absolute atomic E-state index is 0.252. The fourth-order valence-corrected chi connectivity index (χ4v) is 8.69. The molecule has 0 bridgehead atoms. The number of carbonyl (C=O) groups excluding carboxylic acids is 1. The van der Waals surface area contributed by atoms with Crippen molar-refractivity contribution in [2.24, 2.45) is 0 Å². The van der Waals surface area contributed by atoms with E-state index in [2.05, 4.69) is 55.4 Å². The summed E-state index contributed by atoms with van der Waals surface area (Å²) in [4.78, 5) is 12.4. The molecule has 3 aromatic rings. The van der Waals surface area contributed by atoms with Crippen molar-refractivity contribution in [1.82, 2.24) is 5.32 Å². The van der Waals surface area contributed by atoms with E-state index in [1.54, 1.807) is 0 Å². The van der Waals surface area contributed by atoms with Gasteiger partial charge in [-0.1, -0.05) is 79.2 Å². The normalized spacial score (nSPS) is 11.3. The standard InChI is InChI=1S/C29H35NO2Si/c1-4-18-33(19-5-2,20-6-3)21-12-11-17-30-29(31)32-23-28-26-15-9-7-13-24(26)22-25-14-8-10-16-27(25)28/h4-10,13-16,22H,1-3,11-12,17-21,23H2,(H,30,31). The number of ether oxygens (including phenoxy) is 1. The molecule has 0 fully saturated rings. The first-order valence-corrected chi connectivity index (χ1v) is 14.6. The monoisotopic (exact) mass is 457 g/mol. The van der Waals surface area contributed by atoms with Crippen molar-refractivity contribution in [3.05, 3.63) is 98.1 Å². The number of carbonyl (C=O) groups is 1. The van der Waals surface area contributed by atoms with Gasteiger partial charge >= 0.3 is 6.09 Å². The van der Waals surface area contributed by atoms with E-state index < -0.39 is 8.07 Å².